The average Bonchev–Trinajstić information content (AvgIpc) is 3.10. The first-order chi connectivity index (χ1) is 14.4. The topological polar surface area (TPSA) is 81.8 Å². The summed E-state index contributed by atoms with van der Waals surface area (Å²) in [5.41, 5.74) is 5.18. The Labute approximate surface area is 177 Å². The number of phenolic OH excluding ortho intramolecular Hbond substituents is 2. The van der Waals surface area contributed by atoms with Crippen LogP contribution in [0.4, 0.5) is 0 Å². The number of benzene rings is 2. The lowest BCUT2D eigenvalue weighted by Gasteiger charge is -2.27. The highest BCUT2D eigenvalue weighted by atomic mass is 16.5. The van der Waals surface area contributed by atoms with Gasteiger partial charge in [0.2, 0.25) is 0 Å². The summed E-state index contributed by atoms with van der Waals surface area (Å²) in [6.07, 6.45) is 0. The zero-order valence-electron chi connectivity index (χ0n) is 17.8. The highest BCUT2D eigenvalue weighted by Gasteiger charge is 2.22. The highest BCUT2D eigenvalue weighted by molar-refractivity contribution is 5.84. The van der Waals surface area contributed by atoms with E-state index in [4.69, 9.17) is 4.52 Å². The molecule has 1 aromatic heterocycles. The van der Waals surface area contributed by atoms with Crippen LogP contribution >= 0.6 is 0 Å². The second-order valence-electron chi connectivity index (χ2n) is 8.28. The van der Waals surface area contributed by atoms with E-state index in [2.05, 4.69) is 39.6 Å². The molecule has 1 saturated heterocycles. The van der Waals surface area contributed by atoms with Gasteiger partial charge in [-0.1, -0.05) is 43.3 Å². The summed E-state index contributed by atoms with van der Waals surface area (Å²) in [6.45, 7) is 11.0. The molecule has 6 heteroatoms. The number of hydrogen-bond donors (Lipinski definition) is 3. The molecule has 0 spiro atoms. The molecule has 4 rings (SSSR count). The first-order valence-corrected chi connectivity index (χ1v) is 10.5. The monoisotopic (exact) mass is 407 g/mol. The molecule has 0 radical (unpaired) electrons. The van der Waals surface area contributed by atoms with E-state index in [0.717, 1.165) is 55.1 Å². The molecule has 158 valence electrons. The van der Waals surface area contributed by atoms with Crippen molar-refractivity contribution in [1.29, 1.82) is 0 Å². The maximum absolute atomic E-state index is 10.5. The third-order valence-corrected chi connectivity index (χ3v) is 5.73. The van der Waals surface area contributed by atoms with Crippen molar-refractivity contribution in [2.75, 3.05) is 26.2 Å². The summed E-state index contributed by atoms with van der Waals surface area (Å²) in [5.74, 6) is 0.689. The Morgan fingerprint density at radius 2 is 1.77 bits per heavy atom. The van der Waals surface area contributed by atoms with Crippen molar-refractivity contribution in [2.24, 2.45) is 0 Å². The van der Waals surface area contributed by atoms with Gasteiger partial charge in [-0.05, 0) is 35.6 Å². The molecule has 30 heavy (non-hydrogen) atoms. The van der Waals surface area contributed by atoms with Crippen molar-refractivity contribution in [2.45, 2.75) is 33.2 Å². The predicted octanol–water partition coefficient (Wildman–Crippen LogP) is 4.26. The van der Waals surface area contributed by atoms with Crippen LogP contribution in [-0.2, 0) is 6.54 Å². The molecule has 1 fully saturated rings. The van der Waals surface area contributed by atoms with Crippen molar-refractivity contribution < 1.29 is 14.7 Å². The van der Waals surface area contributed by atoms with Gasteiger partial charge in [-0.3, -0.25) is 4.90 Å². The number of hydrogen-bond acceptors (Lipinski definition) is 6. The van der Waals surface area contributed by atoms with Gasteiger partial charge in [-0.2, -0.15) is 0 Å². The molecular weight excluding hydrogens is 378 g/mol. The normalized spacial score (nSPS) is 15.1. The molecule has 2 aromatic carbocycles. The van der Waals surface area contributed by atoms with Crippen LogP contribution < -0.4 is 5.32 Å². The lowest BCUT2D eigenvalue weighted by atomic mass is 9.94. The van der Waals surface area contributed by atoms with Crippen molar-refractivity contribution in [3.8, 4) is 33.9 Å². The predicted molar refractivity (Wildman–Crippen MR) is 118 cm³/mol. The molecular formula is C24H29N3O3. The number of nitrogens with one attached hydrogen (secondary N) is 1. The van der Waals surface area contributed by atoms with Gasteiger partial charge in [-0.15, -0.1) is 0 Å². The molecule has 6 nitrogen and oxygen atoms in total. The smallest absolute Gasteiger partial charge is 0.178 e. The summed E-state index contributed by atoms with van der Waals surface area (Å²) in [6, 6.07) is 11.6. The Morgan fingerprint density at radius 3 is 2.43 bits per heavy atom. The van der Waals surface area contributed by atoms with Gasteiger partial charge in [0, 0.05) is 38.8 Å². The van der Waals surface area contributed by atoms with Crippen LogP contribution in [0.3, 0.4) is 0 Å². The van der Waals surface area contributed by atoms with Crippen molar-refractivity contribution in [3.63, 3.8) is 0 Å². The minimum absolute atomic E-state index is 0.0235. The molecule has 0 aliphatic carbocycles. The molecule has 0 saturated carbocycles. The minimum atomic E-state index is -0.0235. The van der Waals surface area contributed by atoms with E-state index in [-0.39, 0.29) is 17.4 Å². The molecule has 1 aliphatic rings. The summed E-state index contributed by atoms with van der Waals surface area (Å²) >= 11 is 0. The fourth-order valence-corrected chi connectivity index (χ4v) is 4.04. The zero-order valence-corrected chi connectivity index (χ0v) is 17.8. The quantitative estimate of drug-likeness (QED) is 0.586. The highest BCUT2D eigenvalue weighted by Crippen LogP contribution is 2.42. The number of nitrogens with zero attached hydrogens (tertiary/aromatic N) is 2. The molecule has 1 aliphatic heterocycles. The van der Waals surface area contributed by atoms with Crippen molar-refractivity contribution >= 4 is 0 Å². The fourth-order valence-electron chi connectivity index (χ4n) is 4.04. The summed E-state index contributed by atoms with van der Waals surface area (Å²) in [4.78, 5) is 2.45. The lowest BCUT2D eigenvalue weighted by molar-refractivity contribution is 0.233. The van der Waals surface area contributed by atoms with Gasteiger partial charge >= 0.3 is 0 Å². The second-order valence-corrected chi connectivity index (χ2v) is 8.28. The minimum Gasteiger partial charge on any atom is -0.508 e. The van der Waals surface area contributed by atoms with Crippen molar-refractivity contribution in [3.05, 3.63) is 53.2 Å². The summed E-state index contributed by atoms with van der Waals surface area (Å²) in [7, 11) is 0. The van der Waals surface area contributed by atoms with E-state index >= 15 is 0 Å². The number of aryl methyl sites for hydroxylation is 1. The van der Waals surface area contributed by atoms with Crippen molar-refractivity contribution in [1.82, 2.24) is 15.4 Å². The van der Waals surface area contributed by atoms with Crippen LogP contribution in [0.25, 0.3) is 22.5 Å². The van der Waals surface area contributed by atoms with E-state index in [1.807, 2.05) is 20.8 Å². The van der Waals surface area contributed by atoms with E-state index in [1.165, 1.54) is 11.6 Å². The van der Waals surface area contributed by atoms with Crippen LogP contribution in [0.1, 0.15) is 36.6 Å². The Hall–Kier alpha value is -2.83. The van der Waals surface area contributed by atoms with E-state index in [9.17, 15) is 10.2 Å². The number of aromatic hydroxyl groups is 2. The average molecular weight is 408 g/mol. The standard InChI is InChI=1S/C24H29N3O3/c1-15(2)19-12-20(22(29)13-21(19)28)24-23(16(3)26-30-24)18-6-4-17(5-7-18)14-27-10-8-25-9-11-27/h4-7,12-13,15,25,28-29H,8-11,14H2,1-3H3. The molecule has 0 atom stereocenters. The maximum Gasteiger partial charge on any atom is 0.178 e. The zero-order chi connectivity index (χ0) is 21.3. The SMILES string of the molecule is Cc1noc(-c2cc(C(C)C)c(O)cc2O)c1-c1ccc(CN2CCNCC2)cc1. The van der Waals surface area contributed by atoms with Gasteiger partial charge in [0.15, 0.2) is 5.76 Å². The fraction of sp³-hybridized carbons (Fsp3) is 0.375. The second kappa shape index (κ2) is 8.50. The molecule has 3 aromatic rings. The largest absolute Gasteiger partial charge is 0.508 e. The summed E-state index contributed by atoms with van der Waals surface area (Å²) < 4.78 is 5.64. The lowest BCUT2D eigenvalue weighted by Crippen LogP contribution is -2.42. The summed E-state index contributed by atoms with van der Waals surface area (Å²) in [5, 5.41) is 28.2. The maximum atomic E-state index is 10.5. The number of aromatic nitrogens is 1. The van der Waals surface area contributed by atoms with Gasteiger partial charge in [0.25, 0.3) is 0 Å². The van der Waals surface area contributed by atoms with E-state index < -0.39 is 0 Å². The van der Waals surface area contributed by atoms with Crippen LogP contribution in [0.2, 0.25) is 0 Å². The van der Waals surface area contributed by atoms with Crippen LogP contribution in [-0.4, -0.2) is 46.4 Å². The van der Waals surface area contributed by atoms with Crippen LogP contribution in [0, 0.1) is 6.92 Å². The molecule has 0 bridgehead atoms. The third kappa shape index (κ3) is 4.06. The molecule has 0 unspecified atom stereocenters. The van der Waals surface area contributed by atoms with Crippen LogP contribution in [0.5, 0.6) is 11.5 Å². The van der Waals surface area contributed by atoms with Crippen LogP contribution in [0.15, 0.2) is 40.9 Å². The molecule has 3 N–H and O–H groups in total. The molecule has 2 heterocycles. The third-order valence-electron chi connectivity index (χ3n) is 5.73. The first-order valence-electron chi connectivity index (χ1n) is 10.5. The first kappa shape index (κ1) is 20.4. The Balaban J connectivity index is 1.67. The number of rotatable bonds is 5. The number of piperazine rings is 1. The van der Waals surface area contributed by atoms with E-state index in [0.29, 0.717) is 11.3 Å². The van der Waals surface area contributed by atoms with Gasteiger partial charge in [-0.25, -0.2) is 0 Å². The number of phenols is 2. The Bertz CT molecular complexity index is 1020. The van der Waals surface area contributed by atoms with Gasteiger partial charge in [0.1, 0.15) is 11.5 Å². The van der Waals surface area contributed by atoms with Gasteiger partial charge < -0.3 is 20.1 Å². The Kier molecular flexibility index (Phi) is 5.79. The Morgan fingerprint density at radius 1 is 1.07 bits per heavy atom. The van der Waals surface area contributed by atoms with E-state index in [1.54, 1.807) is 6.07 Å². The molecule has 0 amide bonds. The van der Waals surface area contributed by atoms with Gasteiger partial charge in [0.05, 0.1) is 16.8 Å².